The molecule has 1 N–H and O–H groups in total. The number of methoxy groups -OCH3 is 2. The molecular weight excluding hydrogens is 406 g/mol. The number of esters is 1. The molecule has 3 aromatic carbocycles. The Morgan fingerprint density at radius 2 is 1.66 bits per heavy atom. The smallest absolute Gasteiger partial charge is 0.343 e. The second-order valence-corrected chi connectivity index (χ2v) is 6.96. The third-order valence-corrected chi connectivity index (χ3v) is 4.80. The molecule has 0 saturated carbocycles. The fraction of sp³-hybridized carbons (Fsp3) is 0.154. The fourth-order valence-electron chi connectivity index (χ4n) is 3.10. The van der Waals surface area contributed by atoms with Crippen LogP contribution in [0.2, 0.25) is 0 Å². The van der Waals surface area contributed by atoms with Crippen molar-refractivity contribution in [1.29, 1.82) is 0 Å². The Bertz CT molecular complexity index is 1120. The van der Waals surface area contributed by atoms with E-state index in [9.17, 15) is 9.59 Å². The van der Waals surface area contributed by atoms with Crippen LogP contribution in [0.25, 0.3) is 11.6 Å². The minimum absolute atomic E-state index is 0.179. The first-order valence-corrected chi connectivity index (χ1v) is 10.0. The minimum atomic E-state index is -0.464. The number of anilines is 1. The molecule has 3 rings (SSSR count). The van der Waals surface area contributed by atoms with E-state index in [0.29, 0.717) is 22.8 Å². The van der Waals surface area contributed by atoms with E-state index in [1.54, 1.807) is 25.3 Å². The normalized spacial score (nSPS) is 10.9. The van der Waals surface area contributed by atoms with Gasteiger partial charge in [-0.05, 0) is 48.4 Å². The van der Waals surface area contributed by atoms with Gasteiger partial charge in [0.2, 0.25) is 0 Å². The van der Waals surface area contributed by atoms with Gasteiger partial charge in [0, 0.05) is 16.8 Å². The quantitative estimate of drug-likeness (QED) is 0.317. The highest BCUT2D eigenvalue weighted by atomic mass is 16.6. The molecule has 0 atom stereocenters. The number of hydrogen-bond acceptors (Lipinski definition) is 5. The average Bonchev–Trinajstić information content (AvgIpc) is 2.83. The maximum absolute atomic E-state index is 13.3. The number of ether oxygens (including phenoxy) is 3. The van der Waals surface area contributed by atoms with E-state index in [2.05, 4.69) is 10.1 Å². The predicted molar refractivity (Wildman–Crippen MR) is 125 cm³/mol. The highest BCUT2D eigenvalue weighted by Gasteiger charge is 2.15. The first-order chi connectivity index (χ1) is 15.5. The molecule has 6 nitrogen and oxygen atoms in total. The molecule has 1 amide bonds. The van der Waals surface area contributed by atoms with Crippen molar-refractivity contribution in [1.82, 2.24) is 0 Å². The van der Waals surface area contributed by atoms with Crippen LogP contribution in [-0.4, -0.2) is 32.7 Å². The summed E-state index contributed by atoms with van der Waals surface area (Å²) in [5.41, 5.74) is 3.52. The van der Waals surface area contributed by atoms with Crippen LogP contribution in [0.3, 0.4) is 0 Å². The van der Waals surface area contributed by atoms with E-state index < -0.39 is 5.97 Å². The Labute approximate surface area is 187 Å². The molecule has 0 bridgehead atoms. The van der Waals surface area contributed by atoms with Gasteiger partial charge in [-0.1, -0.05) is 48.5 Å². The monoisotopic (exact) mass is 431 g/mol. The number of nitrogens with one attached hydrogen (secondary N) is 1. The summed E-state index contributed by atoms with van der Waals surface area (Å²) in [5.74, 6) is 0.471. The topological polar surface area (TPSA) is 73.9 Å². The lowest BCUT2D eigenvalue weighted by Gasteiger charge is -2.14. The van der Waals surface area contributed by atoms with Gasteiger partial charge in [0.25, 0.3) is 5.91 Å². The zero-order valence-electron chi connectivity index (χ0n) is 18.3. The lowest BCUT2D eigenvalue weighted by molar-refractivity contribution is -0.142. The molecule has 6 heteroatoms. The van der Waals surface area contributed by atoms with Crippen LogP contribution < -0.4 is 14.8 Å². The summed E-state index contributed by atoms with van der Waals surface area (Å²) in [5, 5.41) is 2.97. The molecule has 0 aliphatic rings. The van der Waals surface area contributed by atoms with Crippen LogP contribution in [0, 0.1) is 6.92 Å². The van der Waals surface area contributed by atoms with Crippen molar-refractivity contribution in [3.05, 3.63) is 89.5 Å². The van der Waals surface area contributed by atoms with Crippen LogP contribution in [0.1, 0.15) is 16.7 Å². The number of benzene rings is 3. The largest absolute Gasteiger partial charge is 0.496 e. The van der Waals surface area contributed by atoms with Crippen molar-refractivity contribution < 1.29 is 23.8 Å². The van der Waals surface area contributed by atoms with E-state index in [4.69, 9.17) is 9.47 Å². The van der Waals surface area contributed by atoms with Gasteiger partial charge in [-0.15, -0.1) is 0 Å². The molecule has 0 radical (unpaired) electrons. The summed E-state index contributed by atoms with van der Waals surface area (Å²) >= 11 is 0. The van der Waals surface area contributed by atoms with Crippen LogP contribution >= 0.6 is 0 Å². The molecule has 0 fully saturated rings. The van der Waals surface area contributed by atoms with Crippen molar-refractivity contribution in [3.8, 4) is 11.5 Å². The summed E-state index contributed by atoms with van der Waals surface area (Å²) in [4.78, 5) is 24.6. The van der Waals surface area contributed by atoms with E-state index >= 15 is 0 Å². The van der Waals surface area contributed by atoms with Crippen LogP contribution in [0.5, 0.6) is 11.5 Å². The molecular formula is C26H25NO5. The number of aryl methyl sites for hydroxylation is 1. The van der Waals surface area contributed by atoms with Crippen LogP contribution in [-0.2, 0) is 14.3 Å². The fourth-order valence-corrected chi connectivity index (χ4v) is 3.10. The maximum atomic E-state index is 13.3. The van der Waals surface area contributed by atoms with Gasteiger partial charge in [0.05, 0.1) is 14.2 Å². The predicted octanol–water partition coefficient (Wildman–Crippen LogP) is 4.73. The molecule has 32 heavy (non-hydrogen) atoms. The van der Waals surface area contributed by atoms with Crippen molar-refractivity contribution >= 4 is 29.2 Å². The first-order valence-electron chi connectivity index (χ1n) is 10.0. The first kappa shape index (κ1) is 22.6. The van der Waals surface area contributed by atoms with Crippen molar-refractivity contribution in [2.75, 3.05) is 26.1 Å². The lowest BCUT2D eigenvalue weighted by atomic mass is 10.0. The van der Waals surface area contributed by atoms with Gasteiger partial charge >= 0.3 is 5.97 Å². The third kappa shape index (κ3) is 5.76. The van der Waals surface area contributed by atoms with E-state index in [1.165, 1.54) is 7.11 Å². The Hall–Kier alpha value is -4.06. The average molecular weight is 431 g/mol. The Balaban J connectivity index is 1.88. The van der Waals surface area contributed by atoms with Crippen LogP contribution in [0.4, 0.5) is 5.69 Å². The van der Waals surface area contributed by atoms with Gasteiger partial charge in [-0.25, -0.2) is 4.79 Å². The highest BCUT2D eigenvalue weighted by molar-refractivity contribution is 6.29. The third-order valence-electron chi connectivity index (χ3n) is 4.80. The minimum Gasteiger partial charge on any atom is -0.496 e. The molecule has 0 aliphatic carbocycles. The summed E-state index contributed by atoms with van der Waals surface area (Å²) in [6, 6.07) is 22.2. The summed E-state index contributed by atoms with van der Waals surface area (Å²) in [6.45, 7) is 1.67. The van der Waals surface area contributed by atoms with Gasteiger partial charge < -0.3 is 19.5 Å². The number of rotatable bonds is 8. The summed E-state index contributed by atoms with van der Waals surface area (Å²) in [7, 11) is 2.90. The van der Waals surface area contributed by atoms with Crippen molar-refractivity contribution in [2.45, 2.75) is 6.92 Å². The number of hydrogen-bond donors (Lipinski definition) is 1. The lowest BCUT2D eigenvalue weighted by Crippen LogP contribution is -2.15. The molecule has 0 heterocycles. The Kier molecular flexibility index (Phi) is 7.65. The molecule has 164 valence electrons. The second kappa shape index (κ2) is 10.8. The zero-order chi connectivity index (χ0) is 22.9. The Morgan fingerprint density at radius 3 is 2.34 bits per heavy atom. The maximum Gasteiger partial charge on any atom is 0.343 e. The van der Waals surface area contributed by atoms with Gasteiger partial charge in [0.1, 0.15) is 11.5 Å². The Morgan fingerprint density at radius 1 is 0.938 bits per heavy atom. The van der Waals surface area contributed by atoms with Gasteiger partial charge in [-0.2, -0.15) is 0 Å². The molecule has 0 spiro atoms. The van der Waals surface area contributed by atoms with Crippen LogP contribution in [0.15, 0.2) is 72.8 Å². The second-order valence-electron chi connectivity index (χ2n) is 6.96. The SMILES string of the molecule is COC(=O)COc1ccc(NC(=O)/C(=C/c2ccccc2OC)c2ccccc2)c(C)c1. The summed E-state index contributed by atoms with van der Waals surface area (Å²) in [6.07, 6.45) is 1.81. The van der Waals surface area contributed by atoms with E-state index in [-0.39, 0.29) is 12.5 Å². The van der Waals surface area contributed by atoms with Gasteiger partial charge in [-0.3, -0.25) is 4.79 Å². The molecule has 3 aromatic rings. The highest BCUT2D eigenvalue weighted by Crippen LogP contribution is 2.27. The number of carbonyl (C=O) groups is 2. The number of amides is 1. The molecule has 0 aliphatic heterocycles. The zero-order valence-corrected chi connectivity index (χ0v) is 18.3. The van der Waals surface area contributed by atoms with E-state index in [1.807, 2.05) is 67.6 Å². The standard InChI is InChI=1S/C26H25NO5/c1-18-15-21(32-17-25(28)31-3)13-14-23(18)27-26(29)22(19-9-5-4-6-10-19)16-20-11-7-8-12-24(20)30-2/h4-16H,17H2,1-3H3,(H,27,29)/b22-16+. The molecule has 0 unspecified atom stereocenters. The van der Waals surface area contributed by atoms with Crippen molar-refractivity contribution in [3.63, 3.8) is 0 Å². The molecule has 0 aromatic heterocycles. The van der Waals surface area contributed by atoms with E-state index in [0.717, 1.165) is 16.7 Å². The van der Waals surface area contributed by atoms with Crippen molar-refractivity contribution in [2.24, 2.45) is 0 Å². The number of carbonyl (C=O) groups excluding carboxylic acids is 2. The molecule has 0 saturated heterocycles. The summed E-state index contributed by atoms with van der Waals surface area (Å²) < 4.78 is 15.4. The van der Waals surface area contributed by atoms with Gasteiger partial charge in [0.15, 0.2) is 6.61 Å². The number of para-hydroxylation sites is 1.